The molecule has 0 radical (unpaired) electrons. The van der Waals surface area contributed by atoms with Crippen molar-refractivity contribution in [2.45, 2.75) is 113 Å². The minimum absolute atomic E-state index is 0.111. The third-order valence-electron chi connectivity index (χ3n) is 6.91. The number of unbranched alkanes of at least 4 members (excludes halogenated alkanes) is 4. The van der Waals surface area contributed by atoms with Gasteiger partial charge in [0.1, 0.15) is 0 Å². The van der Waals surface area contributed by atoms with Crippen molar-refractivity contribution < 1.29 is 9.47 Å². The summed E-state index contributed by atoms with van der Waals surface area (Å²) in [6, 6.07) is 6.22. The minimum atomic E-state index is -0.111. The van der Waals surface area contributed by atoms with Gasteiger partial charge in [0.25, 0.3) is 5.56 Å². The van der Waals surface area contributed by atoms with Crippen LogP contribution >= 0.6 is 0 Å². The molecule has 1 N–H and O–H groups in total. The Bertz CT molecular complexity index is 1180. The lowest BCUT2D eigenvalue weighted by atomic mass is 10.1. The first-order valence-electron chi connectivity index (χ1n) is 15.0. The number of benzene rings is 1. The summed E-state index contributed by atoms with van der Waals surface area (Å²) in [6.07, 6.45) is 15.6. The number of aromatic nitrogens is 1. The van der Waals surface area contributed by atoms with Gasteiger partial charge in [0, 0.05) is 30.6 Å². The van der Waals surface area contributed by atoms with E-state index in [1.54, 1.807) is 0 Å². The van der Waals surface area contributed by atoms with Gasteiger partial charge in [0.05, 0.1) is 17.9 Å². The number of aryl methyl sites for hydroxylation is 1. The highest BCUT2D eigenvalue weighted by Crippen LogP contribution is 2.36. The molecular formula is C34H52N2O3. The summed E-state index contributed by atoms with van der Waals surface area (Å²) in [7, 11) is 0. The van der Waals surface area contributed by atoms with Crippen molar-refractivity contribution in [3.05, 3.63) is 63.7 Å². The molecule has 5 nitrogen and oxygen atoms in total. The molecule has 0 aliphatic rings. The van der Waals surface area contributed by atoms with Crippen LogP contribution in [0.25, 0.3) is 10.9 Å². The quantitative estimate of drug-likeness (QED) is 0.117. The van der Waals surface area contributed by atoms with Gasteiger partial charge in [-0.05, 0) is 77.7 Å². The van der Waals surface area contributed by atoms with Gasteiger partial charge in [-0.3, -0.25) is 4.79 Å². The zero-order chi connectivity index (χ0) is 28.6. The minimum Gasteiger partial charge on any atom is -0.485 e. The van der Waals surface area contributed by atoms with Crippen molar-refractivity contribution in [3.63, 3.8) is 0 Å². The van der Waals surface area contributed by atoms with Gasteiger partial charge < -0.3 is 19.4 Å². The molecule has 0 bridgehead atoms. The highest BCUT2D eigenvalue weighted by Gasteiger charge is 2.21. The molecular weight excluding hydrogens is 484 g/mol. The predicted molar refractivity (Wildman–Crippen MR) is 168 cm³/mol. The van der Waals surface area contributed by atoms with Crippen LogP contribution in [-0.2, 0) is 6.54 Å². The van der Waals surface area contributed by atoms with Crippen LogP contribution in [-0.4, -0.2) is 17.7 Å². The van der Waals surface area contributed by atoms with Crippen molar-refractivity contribution in [3.8, 4) is 11.5 Å². The largest absolute Gasteiger partial charge is 0.485 e. The van der Waals surface area contributed by atoms with Crippen molar-refractivity contribution in [2.75, 3.05) is 18.5 Å². The fourth-order valence-corrected chi connectivity index (χ4v) is 4.48. The number of nitrogens with zero attached hydrogens (tertiary/aromatic N) is 1. The number of pyridine rings is 1. The Morgan fingerprint density at radius 2 is 1.74 bits per heavy atom. The molecule has 216 valence electrons. The first kappa shape index (κ1) is 32.3. The number of rotatable bonds is 18. The summed E-state index contributed by atoms with van der Waals surface area (Å²) in [5.74, 6) is 1.70. The Kier molecular flexibility index (Phi) is 14.6. The highest BCUT2D eigenvalue weighted by molar-refractivity contribution is 5.90. The molecule has 0 unspecified atom stereocenters. The summed E-state index contributed by atoms with van der Waals surface area (Å²) in [4.78, 5) is 13.9. The third-order valence-corrected chi connectivity index (χ3v) is 6.91. The fraction of sp³-hybridized carbons (Fsp3) is 0.559. The maximum Gasteiger partial charge on any atom is 0.297 e. The van der Waals surface area contributed by atoms with E-state index in [-0.39, 0.29) is 5.56 Å². The number of nitrogens with one attached hydrogen (secondary N) is 1. The second kappa shape index (κ2) is 17.6. The molecule has 0 fully saturated rings. The summed E-state index contributed by atoms with van der Waals surface area (Å²) >= 11 is 0. The number of anilines is 1. The average Bonchev–Trinajstić information content (AvgIpc) is 2.92. The van der Waals surface area contributed by atoms with E-state index >= 15 is 0 Å². The molecule has 5 heteroatoms. The van der Waals surface area contributed by atoms with Crippen LogP contribution in [0.1, 0.15) is 106 Å². The summed E-state index contributed by atoms with van der Waals surface area (Å²) in [6.45, 7) is 16.7. The van der Waals surface area contributed by atoms with E-state index in [1.165, 1.54) is 17.6 Å². The first-order chi connectivity index (χ1) is 18.9. The van der Waals surface area contributed by atoms with E-state index < -0.39 is 0 Å². The van der Waals surface area contributed by atoms with E-state index in [0.717, 1.165) is 80.3 Å². The van der Waals surface area contributed by atoms with Crippen LogP contribution in [0.5, 0.6) is 11.5 Å². The number of fused-ring (bicyclic) bond motifs is 1. The summed E-state index contributed by atoms with van der Waals surface area (Å²) < 4.78 is 14.4. The van der Waals surface area contributed by atoms with Crippen molar-refractivity contribution in [1.29, 1.82) is 0 Å². The van der Waals surface area contributed by atoms with E-state index in [0.29, 0.717) is 24.7 Å². The van der Waals surface area contributed by atoms with Gasteiger partial charge in [0.15, 0.2) is 5.75 Å². The predicted octanol–water partition coefficient (Wildman–Crippen LogP) is 9.56. The van der Waals surface area contributed by atoms with Gasteiger partial charge in [-0.2, -0.15) is 0 Å². The van der Waals surface area contributed by atoms with Gasteiger partial charge in [-0.15, -0.1) is 0 Å². The lowest BCUT2D eigenvalue weighted by Crippen LogP contribution is -2.24. The van der Waals surface area contributed by atoms with Crippen LogP contribution in [0.15, 0.2) is 58.1 Å². The molecule has 0 spiro atoms. The Hall–Kier alpha value is -2.95. The SMILES string of the molecule is CC=C(CC)Oc1c(OCCCCCC)c(=O)n(CCCC)c2cc(NC/C=C(\C)CCC=C(C)C)ccc12. The lowest BCUT2D eigenvalue weighted by Gasteiger charge is -2.20. The van der Waals surface area contributed by atoms with Gasteiger partial charge >= 0.3 is 0 Å². The molecule has 0 aliphatic carbocycles. The van der Waals surface area contributed by atoms with Crippen LogP contribution in [0.3, 0.4) is 0 Å². The summed E-state index contributed by atoms with van der Waals surface area (Å²) in [5, 5.41) is 4.43. The molecule has 2 rings (SSSR count). The molecule has 0 saturated heterocycles. The Morgan fingerprint density at radius 3 is 2.41 bits per heavy atom. The van der Waals surface area contributed by atoms with Crippen LogP contribution in [0.2, 0.25) is 0 Å². The van der Waals surface area contributed by atoms with E-state index in [2.05, 4.69) is 77.2 Å². The molecule has 0 atom stereocenters. The zero-order valence-electron chi connectivity index (χ0n) is 25.6. The molecule has 0 amide bonds. The van der Waals surface area contributed by atoms with Crippen LogP contribution in [0, 0.1) is 0 Å². The van der Waals surface area contributed by atoms with Crippen molar-refractivity contribution in [2.24, 2.45) is 0 Å². The smallest absolute Gasteiger partial charge is 0.297 e. The molecule has 0 saturated carbocycles. The van der Waals surface area contributed by atoms with Gasteiger partial charge in [-0.1, -0.05) is 69.8 Å². The second-order valence-corrected chi connectivity index (χ2v) is 10.6. The van der Waals surface area contributed by atoms with Crippen LogP contribution in [0.4, 0.5) is 5.69 Å². The van der Waals surface area contributed by atoms with Gasteiger partial charge in [0.2, 0.25) is 5.75 Å². The van der Waals surface area contributed by atoms with Crippen LogP contribution < -0.4 is 20.3 Å². The topological polar surface area (TPSA) is 52.5 Å². The monoisotopic (exact) mass is 536 g/mol. The zero-order valence-corrected chi connectivity index (χ0v) is 25.6. The first-order valence-corrected chi connectivity index (χ1v) is 15.0. The van der Waals surface area contributed by atoms with E-state index in [4.69, 9.17) is 9.47 Å². The standard InChI is InChI=1S/C34H52N2O3/c1-8-12-14-15-24-38-33-32(39-29(10-3)11-4)30-20-19-28(25-31(30)36(34(33)37)23-13-9-2)35-22-21-27(7)18-16-17-26(5)6/h10,17,19-21,25,35H,8-9,11-16,18,22-24H2,1-7H3/b27-21+,29-10?. The average molecular weight is 537 g/mol. The second-order valence-electron chi connectivity index (χ2n) is 10.6. The lowest BCUT2D eigenvalue weighted by molar-refractivity contribution is 0.280. The Morgan fingerprint density at radius 1 is 0.974 bits per heavy atom. The maximum absolute atomic E-state index is 13.9. The molecule has 2 aromatic rings. The molecule has 1 heterocycles. The Labute approximate surface area is 237 Å². The van der Waals surface area contributed by atoms with E-state index in [1.807, 2.05) is 17.6 Å². The Balaban J connectivity index is 2.47. The number of hydrogen-bond acceptors (Lipinski definition) is 4. The number of ether oxygens (including phenoxy) is 2. The maximum atomic E-state index is 13.9. The number of hydrogen-bond donors (Lipinski definition) is 1. The molecule has 1 aromatic heterocycles. The van der Waals surface area contributed by atoms with Gasteiger partial charge in [-0.25, -0.2) is 0 Å². The van der Waals surface area contributed by atoms with Crippen molar-refractivity contribution >= 4 is 16.6 Å². The normalized spacial score (nSPS) is 12.1. The highest BCUT2D eigenvalue weighted by atomic mass is 16.5. The molecule has 1 aromatic carbocycles. The molecule has 0 aliphatic heterocycles. The third kappa shape index (κ3) is 10.3. The van der Waals surface area contributed by atoms with Crippen molar-refractivity contribution in [1.82, 2.24) is 4.57 Å². The fourth-order valence-electron chi connectivity index (χ4n) is 4.48. The van der Waals surface area contributed by atoms with E-state index in [9.17, 15) is 4.79 Å². The molecule has 39 heavy (non-hydrogen) atoms. The number of allylic oxidation sites excluding steroid dienone is 5. The summed E-state index contributed by atoms with van der Waals surface area (Å²) in [5.41, 5.74) is 4.49.